The van der Waals surface area contributed by atoms with Gasteiger partial charge >= 0.3 is 0 Å². The van der Waals surface area contributed by atoms with Gasteiger partial charge in [-0.25, -0.2) is 0 Å². The van der Waals surface area contributed by atoms with Crippen LogP contribution < -0.4 is 5.30 Å². The predicted molar refractivity (Wildman–Crippen MR) is 148 cm³/mol. The highest BCUT2D eigenvalue weighted by atomic mass is 31.1. The van der Waals surface area contributed by atoms with E-state index in [-0.39, 0.29) is 7.92 Å². The van der Waals surface area contributed by atoms with Crippen molar-refractivity contribution in [3.8, 4) is 11.1 Å². The molecular weight excluding hydrogens is 415 g/mol. The molecule has 1 heterocycles. The molecule has 0 aromatic heterocycles. The summed E-state index contributed by atoms with van der Waals surface area (Å²) in [5, 5.41) is 1.76. The van der Waals surface area contributed by atoms with Crippen molar-refractivity contribution >= 4 is 13.2 Å². The largest absolute Gasteiger partial charge is 0.0683 e. The third-order valence-corrected chi connectivity index (χ3v) is 12.7. The van der Waals surface area contributed by atoms with Crippen LogP contribution in [0.1, 0.15) is 127 Å². The molecule has 0 nitrogen and oxygen atoms in total. The number of rotatable bonds is 3. The van der Waals surface area contributed by atoms with Crippen molar-refractivity contribution in [3.05, 3.63) is 53.1 Å². The fraction of sp³-hybridized carbons (Fsp3) is 0.625. The van der Waals surface area contributed by atoms with Crippen molar-refractivity contribution in [3.63, 3.8) is 0 Å². The molecule has 2 aliphatic carbocycles. The van der Waals surface area contributed by atoms with Crippen LogP contribution in [0.25, 0.3) is 11.1 Å². The molecule has 4 unspecified atom stereocenters. The molecular formula is C32H45P. The van der Waals surface area contributed by atoms with E-state index >= 15 is 0 Å². The zero-order valence-electron chi connectivity index (χ0n) is 21.7. The summed E-state index contributed by atoms with van der Waals surface area (Å²) in [5.41, 5.74) is 9.95. The number of fused-ring (bicyclic) bond motifs is 5. The van der Waals surface area contributed by atoms with Gasteiger partial charge in [-0.3, -0.25) is 0 Å². The molecule has 0 spiro atoms. The maximum Gasteiger partial charge on any atom is -0.0101 e. The lowest BCUT2D eigenvalue weighted by Gasteiger charge is -2.41. The second kappa shape index (κ2) is 9.85. The van der Waals surface area contributed by atoms with E-state index in [1.807, 2.05) is 0 Å². The smallest absolute Gasteiger partial charge is 0.0101 e. The quantitative estimate of drug-likeness (QED) is 0.400. The fourth-order valence-corrected chi connectivity index (χ4v) is 11.3. The van der Waals surface area contributed by atoms with Gasteiger partial charge in [0.2, 0.25) is 0 Å². The standard InChI is InChI=1S/C32H45P/c1-21(2)25-19-29(22(3)4)32-28-16-9-10-17-31(28)33(26-13-7-6-8-14-26)27-15-11-12-24(18-27)23(5)30(32)20-25/h9-10,16-17,19-24,26-27H,6-8,11-15,18H2,1-5H3. The van der Waals surface area contributed by atoms with Gasteiger partial charge in [0.05, 0.1) is 0 Å². The van der Waals surface area contributed by atoms with Crippen LogP contribution in [-0.2, 0) is 0 Å². The van der Waals surface area contributed by atoms with E-state index in [0.717, 1.165) is 17.2 Å². The minimum Gasteiger partial charge on any atom is -0.0683 e. The molecule has 0 radical (unpaired) electrons. The summed E-state index contributed by atoms with van der Waals surface area (Å²) in [6, 6.07) is 15.0. The maximum absolute atomic E-state index is 2.63. The Bertz CT molecular complexity index is 964. The van der Waals surface area contributed by atoms with E-state index in [1.54, 1.807) is 33.1 Å². The van der Waals surface area contributed by atoms with Crippen molar-refractivity contribution in [1.82, 2.24) is 0 Å². The van der Waals surface area contributed by atoms with Crippen LogP contribution in [0.4, 0.5) is 0 Å². The average Bonchev–Trinajstić information content (AvgIpc) is 2.86. The summed E-state index contributed by atoms with van der Waals surface area (Å²) in [6.45, 7) is 12.2. The highest BCUT2D eigenvalue weighted by Crippen LogP contribution is 2.59. The second-order valence-electron chi connectivity index (χ2n) is 12.0. The average molecular weight is 461 g/mol. The van der Waals surface area contributed by atoms with Crippen molar-refractivity contribution < 1.29 is 0 Å². The molecule has 2 aromatic rings. The molecule has 1 aliphatic heterocycles. The van der Waals surface area contributed by atoms with Crippen molar-refractivity contribution in [2.45, 2.75) is 121 Å². The Morgan fingerprint density at radius 3 is 2.24 bits per heavy atom. The molecule has 2 aromatic carbocycles. The van der Waals surface area contributed by atoms with E-state index in [0.29, 0.717) is 17.8 Å². The van der Waals surface area contributed by atoms with Crippen molar-refractivity contribution in [2.24, 2.45) is 5.92 Å². The summed E-state index contributed by atoms with van der Waals surface area (Å²) in [4.78, 5) is 0. The molecule has 4 atom stereocenters. The van der Waals surface area contributed by atoms with Crippen LogP contribution in [-0.4, -0.2) is 11.3 Å². The van der Waals surface area contributed by atoms with Crippen LogP contribution in [0, 0.1) is 5.92 Å². The van der Waals surface area contributed by atoms with Crippen LogP contribution >= 0.6 is 7.92 Å². The molecule has 3 aliphatic rings. The van der Waals surface area contributed by atoms with E-state index in [9.17, 15) is 0 Å². The fourth-order valence-electron chi connectivity index (χ4n) is 7.29. The first-order valence-electron chi connectivity index (χ1n) is 14.0. The van der Waals surface area contributed by atoms with Crippen LogP contribution in [0.15, 0.2) is 36.4 Å². The van der Waals surface area contributed by atoms with Crippen molar-refractivity contribution in [2.75, 3.05) is 0 Å². The van der Waals surface area contributed by atoms with Crippen LogP contribution in [0.5, 0.6) is 0 Å². The normalized spacial score (nSPS) is 28.1. The van der Waals surface area contributed by atoms with Gasteiger partial charge in [0, 0.05) is 0 Å². The van der Waals surface area contributed by atoms with E-state index < -0.39 is 0 Å². The molecule has 178 valence electrons. The SMILES string of the molecule is CC(C)c1cc(C(C)C)c2c(c1)C(C)C1CCCC(C1)P(C1CCCCC1)c1ccccc1-2. The molecule has 0 N–H and O–H groups in total. The summed E-state index contributed by atoms with van der Waals surface area (Å²) in [7, 11) is -0.101. The molecule has 2 saturated carbocycles. The minimum absolute atomic E-state index is 0.101. The third-order valence-electron chi connectivity index (χ3n) is 9.21. The molecule has 0 saturated heterocycles. The first-order chi connectivity index (χ1) is 16.0. The maximum atomic E-state index is 2.63. The lowest BCUT2D eigenvalue weighted by atomic mass is 9.73. The van der Waals surface area contributed by atoms with Gasteiger partial charge in [-0.1, -0.05) is 105 Å². The molecule has 33 heavy (non-hydrogen) atoms. The van der Waals surface area contributed by atoms with Crippen LogP contribution in [0.2, 0.25) is 0 Å². The zero-order chi connectivity index (χ0) is 23.1. The van der Waals surface area contributed by atoms with Gasteiger partial charge in [-0.05, 0) is 100 Å². The van der Waals surface area contributed by atoms with Gasteiger partial charge in [0.15, 0.2) is 0 Å². The highest BCUT2D eigenvalue weighted by molar-refractivity contribution is 7.67. The first kappa shape index (κ1) is 23.6. The molecule has 2 fully saturated rings. The van der Waals surface area contributed by atoms with E-state index in [1.165, 1.54) is 57.8 Å². The second-order valence-corrected chi connectivity index (χ2v) is 14.7. The molecule has 5 rings (SSSR count). The monoisotopic (exact) mass is 460 g/mol. The Balaban J connectivity index is 1.79. The first-order valence-corrected chi connectivity index (χ1v) is 15.5. The Labute approximate surface area is 204 Å². The third kappa shape index (κ3) is 4.47. The molecule has 0 amide bonds. The van der Waals surface area contributed by atoms with Gasteiger partial charge < -0.3 is 0 Å². The minimum atomic E-state index is -0.101. The Morgan fingerprint density at radius 2 is 1.52 bits per heavy atom. The summed E-state index contributed by atoms with van der Waals surface area (Å²) >= 11 is 0. The van der Waals surface area contributed by atoms with Gasteiger partial charge in [-0.2, -0.15) is 0 Å². The van der Waals surface area contributed by atoms with Crippen molar-refractivity contribution in [1.29, 1.82) is 0 Å². The predicted octanol–water partition coefficient (Wildman–Crippen LogP) is 9.72. The Hall–Kier alpha value is -1.13. The zero-order valence-corrected chi connectivity index (χ0v) is 22.6. The lowest BCUT2D eigenvalue weighted by molar-refractivity contribution is 0.320. The topological polar surface area (TPSA) is 0 Å². The van der Waals surface area contributed by atoms with Gasteiger partial charge in [-0.15, -0.1) is 0 Å². The van der Waals surface area contributed by atoms with Gasteiger partial charge in [0.25, 0.3) is 0 Å². The summed E-state index contributed by atoms with van der Waals surface area (Å²) < 4.78 is 0. The molecule has 1 heteroatoms. The van der Waals surface area contributed by atoms with E-state index in [2.05, 4.69) is 71.0 Å². The van der Waals surface area contributed by atoms with Crippen LogP contribution in [0.3, 0.4) is 0 Å². The number of hydrogen-bond donors (Lipinski definition) is 0. The highest BCUT2D eigenvalue weighted by Gasteiger charge is 2.39. The summed E-state index contributed by atoms with van der Waals surface area (Å²) in [6.07, 6.45) is 13.2. The number of benzene rings is 2. The van der Waals surface area contributed by atoms with E-state index in [4.69, 9.17) is 0 Å². The Kier molecular flexibility index (Phi) is 7.05. The Morgan fingerprint density at radius 1 is 0.788 bits per heavy atom. The number of hydrogen-bond acceptors (Lipinski definition) is 0. The summed E-state index contributed by atoms with van der Waals surface area (Å²) in [5.74, 6) is 2.65. The lowest BCUT2D eigenvalue weighted by Crippen LogP contribution is -2.29. The van der Waals surface area contributed by atoms with Gasteiger partial charge in [0.1, 0.15) is 0 Å². The molecule has 2 bridgehead atoms.